The summed E-state index contributed by atoms with van der Waals surface area (Å²) in [4.78, 5) is 4.71. The highest BCUT2D eigenvalue weighted by molar-refractivity contribution is 5.25. The van der Waals surface area contributed by atoms with Gasteiger partial charge >= 0.3 is 0 Å². The third-order valence-electron chi connectivity index (χ3n) is 2.00. The maximum atomic E-state index is 5.07. The Morgan fingerprint density at radius 2 is 2.08 bits per heavy atom. The first-order valence-electron chi connectivity index (χ1n) is 4.14. The van der Waals surface area contributed by atoms with Crippen molar-refractivity contribution in [3.05, 3.63) is 35.4 Å². The third kappa shape index (κ3) is 2.32. The zero-order valence-electron chi connectivity index (χ0n) is 7.58. The van der Waals surface area contributed by atoms with Gasteiger partial charge in [-0.3, -0.25) is 0 Å². The predicted octanol–water partition coefficient (Wildman–Crippen LogP) is 1.82. The molecule has 0 aliphatic rings. The van der Waals surface area contributed by atoms with E-state index in [4.69, 9.17) is 10.7 Å². The van der Waals surface area contributed by atoms with Crippen LogP contribution in [-0.4, -0.2) is 6.10 Å². The summed E-state index contributed by atoms with van der Waals surface area (Å²) in [7, 11) is 0. The maximum absolute atomic E-state index is 5.07. The lowest BCUT2D eigenvalue weighted by Gasteiger charge is -2.10. The summed E-state index contributed by atoms with van der Waals surface area (Å²) in [6, 6.07) is 8.27. The van der Waals surface area contributed by atoms with Crippen LogP contribution in [0.5, 0.6) is 0 Å². The molecule has 0 bridgehead atoms. The highest BCUT2D eigenvalue weighted by atomic mass is 16.6. The van der Waals surface area contributed by atoms with E-state index in [9.17, 15) is 0 Å². The molecule has 1 atom stereocenters. The number of aryl methyl sites for hydroxylation is 1. The minimum absolute atomic E-state index is 0.0890. The molecule has 1 aromatic carbocycles. The van der Waals surface area contributed by atoms with Crippen molar-refractivity contribution >= 4 is 0 Å². The quantitative estimate of drug-likeness (QED) is 0.693. The zero-order valence-corrected chi connectivity index (χ0v) is 7.58. The monoisotopic (exact) mass is 165 g/mol. The van der Waals surface area contributed by atoms with Crippen molar-refractivity contribution in [1.29, 1.82) is 0 Å². The number of rotatable bonds is 3. The lowest BCUT2D eigenvalue weighted by atomic mass is 10.0. The molecule has 12 heavy (non-hydrogen) atoms. The van der Waals surface area contributed by atoms with Gasteiger partial charge in [0.2, 0.25) is 0 Å². The molecular formula is C10H15NO. The van der Waals surface area contributed by atoms with Gasteiger partial charge in [0.1, 0.15) is 0 Å². The topological polar surface area (TPSA) is 35.2 Å². The second-order valence-corrected chi connectivity index (χ2v) is 3.08. The smallest absolute Gasteiger partial charge is 0.0799 e. The van der Waals surface area contributed by atoms with Gasteiger partial charge in [0.05, 0.1) is 6.10 Å². The fraction of sp³-hybridized carbons (Fsp3) is 0.400. The molecule has 0 spiro atoms. The Balaban J connectivity index is 2.69. The van der Waals surface area contributed by atoms with E-state index in [1.54, 1.807) is 0 Å². The Morgan fingerprint density at radius 1 is 1.42 bits per heavy atom. The van der Waals surface area contributed by atoms with Crippen LogP contribution in [0.3, 0.4) is 0 Å². The summed E-state index contributed by atoms with van der Waals surface area (Å²) in [6.45, 7) is 4.06. The Bertz CT molecular complexity index is 247. The van der Waals surface area contributed by atoms with Crippen LogP contribution in [-0.2, 0) is 11.3 Å². The molecule has 0 fully saturated rings. The second-order valence-electron chi connectivity index (χ2n) is 3.08. The van der Waals surface area contributed by atoms with Crippen LogP contribution in [0.2, 0.25) is 0 Å². The fourth-order valence-corrected chi connectivity index (χ4v) is 1.20. The highest BCUT2D eigenvalue weighted by Crippen LogP contribution is 2.09. The molecule has 2 nitrogen and oxygen atoms in total. The van der Waals surface area contributed by atoms with E-state index in [0.29, 0.717) is 0 Å². The molecule has 0 aliphatic heterocycles. The van der Waals surface area contributed by atoms with Crippen molar-refractivity contribution in [2.45, 2.75) is 26.4 Å². The van der Waals surface area contributed by atoms with Crippen LogP contribution in [0.25, 0.3) is 0 Å². The summed E-state index contributed by atoms with van der Waals surface area (Å²) in [5, 5.41) is 0. The number of nitrogens with two attached hydrogens (primary N) is 1. The zero-order chi connectivity index (χ0) is 8.97. The predicted molar refractivity (Wildman–Crippen MR) is 49.6 cm³/mol. The molecule has 1 rings (SSSR count). The summed E-state index contributed by atoms with van der Waals surface area (Å²) >= 11 is 0. The summed E-state index contributed by atoms with van der Waals surface area (Å²) in [6.07, 6.45) is 0.967. The van der Waals surface area contributed by atoms with Gasteiger partial charge in [-0.2, -0.15) is 0 Å². The molecule has 0 radical (unpaired) electrons. The molecule has 0 heterocycles. The van der Waals surface area contributed by atoms with Gasteiger partial charge in [0, 0.05) is 6.42 Å². The Hall–Kier alpha value is -0.860. The molecule has 0 aliphatic carbocycles. The highest BCUT2D eigenvalue weighted by Gasteiger charge is 2.03. The van der Waals surface area contributed by atoms with Crippen LogP contribution in [0.4, 0.5) is 0 Å². The van der Waals surface area contributed by atoms with E-state index < -0.39 is 0 Å². The number of hydrogen-bond acceptors (Lipinski definition) is 2. The molecule has 66 valence electrons. The maximum Gasteiger partial charge on any atom is 0.0799 e. The summed E-state index contributed by atoms with van der Waals surface area (Å²) in [5.74, 6) is 5.07. The van der Waals surface area contributed by atoms with Gasteiger partial charge in [-0.1, -0.05) is 24.3 Å². The SMILES string of the molecule is Cc1ccccc1CC(C)ON. The fourth-order valence-electron chi connectivity index (χ4n) is 1.20. The minimum atomic E-state index is 0.0890. The van der Waals surface area contributed by atoms with Crippen molar-refractivity contribution in [3.63, 3.8) is 0 Å². The molecule has 0 amide bonds. The largest absolute Gasteiger partial charge is 0.301 e. The van der Waals surface area contributed by atoms with Gasteiger partial charge in [-0.05, 0) is 25.0 Å². The van der Waals surface area contributed by atoms with Gasteiger partial charge in [-0.25, -0.2) is 5.90 Å². The van der Waals surface area contributed by atoms with Gasteiger partial charge in [0.15, 0.2) is 0 Å². The number of hydrogen-bond donors (Lipinski definition) is 1. The molecule has 0 aromatic heterocycles. The van der Waals surface area contributed by atoms with Gasteiger partial charge < -0.3 is 4.84 Å². The van der Waals surface area contributed by atoms with E-state index in [-0.39, 0.29) is 6.10 Å². The minimum Gasteiger partial charge on any atom is -0.301 e. The standard InChI is InChI=1S/C10H15NO/c1-8-5-3-4-6-10(8)7-9(2)12-11/h3-6,9H,7,11H2,1-2H3. The Morgan fingerprint density at radius 3 is 2.67 bits per heavy atom. The van der Waals surface area contributed by atoms with Crippen LogP contribution in [0.15, 0.2) is 24.3 Å². The van der Waals surface area contributed by atoms with Crippen molar-refractivity contribution in [1.82, 2.24) is 0 Å². The van der Waals surface area contributed by atoms with E-state index >= 15 is 0 Å². The molecule has 2 N–H and O–H groups in total. The van der Waals surface area contributed by atoms with Gasteiger partial charge in [-0.15, -0.1) is 0 Å². The van der Waals surface area contributed by atoms with E-state index in [2.05, 4.69) is 19.1 Å². The van der Waals surface area contributed by atoms with Crippen molar-refractivity contribution in [2.24, 2.45) is 5.90 Å². The summed E-state index contributed by atoms with van der Waals surface area (Å²) < 4.78 is 0. The molecule has 2 heteroatoms. The summed E-state index contributed by atoms with van der Waals surface area (Å²) in [5.41, 5.74) is 2.59. The normalized spacial score (nSPS) is 12.9. The van der Waals surface area contributed by atoms with E-state index in [1.165, 1.54) is 11.1 Å². The molecular weight excluding hydrogens is 150 g/mol. The first-order valence-corrected chi connectivity index (χ1v) is 4.14. The average molecular weight is 165 g/mol. The van der Waals surface area contributed by atoms with Crippen LogP contribution in [0.1, 0.15) is 18.1 Å². The third-order valence-corrected chi connectivity index (χ3v) is 2.00. The molecule has 1 unspecified atom stereocenters. The first-order chi connectivity index (χ1) is 5.74. The molecule has 1 aromatic rings. The van der Waals surface area contributed by atoms with E-state index in [1.807, 2.05) is 19.1 Å². The van der Waals surface area contributed by atoms with Gasteiger partial charge in [0.25, 0.3) is 0 Å². The Kier molecular flexibility index (Phi) is 3.26. The van der Waals surface area contributed by atoms with Crippen molar-refractivity contribution in [2.75, 3.05) is 0 Å². The van der Waals surface area contributed by atoms with Crippen LogP contribution >= 0.6 is 0 Å². The van der Waals surface area contributed by atoms with Crippen molar-refractivity contribution < 1.29 is 4.84 Å². The van der Waals surface area contributed by atoms with Crippen LogP contribution < -0.4 is 5.90 Å². The number of benzene rings is 1. The molecule has 0 saturated heterocycles. The molecule has 0 saturated carbocycles. The second kappa shape index (κ2) is 4.24. The van der Waals surface area contributed by atoms with Crippen LogP contribution in [0, 0.1) is 6.92 Å². The average Bonchev–Trinajstić information content (AvgIpc) is 2.09. The first kappa shape index (κ1) is 9.23. The van der Waals surface area contributed by atoms with Crippen molar-refractivity contribution in [3.8, 4) is 0 Å². The lowest BCUT2D eigenvalue weighted by Crippen LogP contribution is -2.16. The van der Waals surface area contributed by atoms with E-state index in [0.717, 1.165) is 6.42 Å². The Labute approximate surface area is 73.3 Å². The lowest BCUT2D eigenvalue weighted by molar-refractivity contribution is 0.0670.